The molecule has 7 nitrogen and oxygen atoms in total. The van der Waals surface area contributed by atoms with Crippen LogP contribution in [0.15, 0.2) is 54.6 Å². The van der Waals surface area contributed by atoms with Gasteiger partial charge in [0.2, 0.25) is 17.7 Å². The highest BCUT2D eigenvalue weighted by Crippen LogP contribution is 2.57. The summed E-state index contributed by atoms with van der Waals surface area (Å²) in [6.07, 6.45) is 0.423. The Balaban J connectivity index is 1.70. The Morgan fingerprint density at radius 3 is 2.46 bits per heavy atom. The second-order valence-electron chi connectivity index (χ2n) is 11.6. The molecule has 2 heterocycles. The van der Waals surface area contributed by atoms with Gasteiger partial charge in [-0.1, -0.05) is 62.2 Å². The Bertz CT molecular complexity index is 1590. The molecule has 1 fully saturated rings. The van der Waals surface area contributed by atoms with Crippen molar-refractivity contribution in [3.8, 4) is 0 Å². The standard InChI is InChI=1S/C30H28Cl2F2N4O3/c1-29(2,3)13-22-30(17-9-8-15(31)12-21(17)37-28(30)41)23(16-5-4-6-18(32)24(16)34)25(38-22)27(40)36-20-10-7-14(26(35)39)11-19(20)33/h4-12,22-23,25,38H,13H2,1-3H3,(H2,35,39)(H,36,40)(H,37,41). The molecule has 2 aliphatic rings. The van der Waals surface area contributed by atoms with Crippen LogP contribution in [0.2, 0.25) is 10.0 Å². The molecule has 4 unspecified atom stereocenters. The number of amides is 3. The number of primary amides is 1. The van der Waals surface area contributed by atoms with Gasteiger partial charge in [-0.2, -0.15) is 0 Å². The molecular formula is C30H28Cl2F2N4O3. The first-order chi connectivity index (χ1) is 19.2. The number of hydrogen-bond donors (Lipinski definition) is 4. The molecule has 214 valence electrons. The predicted octanol–water partition coefficient (Wildman–Crippen LogP) is 5.76. The average Bonchev–Trinajstić information content (AvgIpc) is 3.35. The van der Waals surface area contributed by atoms with E-state index in [0.717, 1.165) is 6.07 Å². The van der Waals surface area contributed by atoms with E-state index < -0.39 is 52.8 Å². The third kappa shape index (κ3) is 4.96. The molecule has 11 heteroatoms. The van der Waals surface area contributed by atoms with Gasteiger partial charge in [0.1, 0.15) is 17.0 Å². The number of fused-ring (bicyclic) bond motifs is 2. The Labute approximate surface area is 245 Å². The zero-order chi connectivity index (χ0) is 29.9. The minimum Gasteiger partial charge on any atom is -0.366 e. The topological polar surface area (TPSA) is 113 Å². The van der Waals surface area contributed by atoms with Gasteiger partial charge in [-0.05, 0) is 59.4 Å². The Morgan fingerprint density at radius 2 is 1.80 bits per heavy atom. The van der Waals surface area contributed by atoms with E-state index in [-0.39, 0.29) is 27.3 Å². The molecule has 4 atom stereocenters. The first-order valence-corrected chi connectivity index (χ1v) is 13.7. The third-order valence-electron chi connectivity index (χ3n) is 7.73. The molecule has 5 N–H and O–H groups in total. The molecule has 3 aromatic carbocycles. The summed E-state index contributed by atoms with van der Waals surface area (Å²) in [5, 5.41) is 9.00. The quantitative estimate of drug-likeness (QED) is 0.298. The van der Waals surface area contributed by atoms with Crippen molar-refractivity contribution in [2.24, 2.45) is 11.1 Å². The van der Waals surface area contributed by atoms with Gasteiger partial charge in [0.25, 0.3) is 0 Å². The highest BCUT2D eigenvalue weighted by molar-refractivity contribution is 6.31. The van der Waals surface area contributed by atoms with Crippen LogP contribution in [-0.2, 0) is 15.0 Å². The molecule has 5 rings (SSSR count). The first kappa shape index (κ1) is 29.0. The largest absolute Gasteiger partial charge is 0.366 e. The molecule has 0 radical (unpaired) electrons. The van der Waals surface area contributed by atoms with Crippen molar-refractivity contribution in [3.63, 3.8) is 0 Å². The van der Waals surface area contributed by atoms with Crippen LogP contribution in [0, 0.1) is 17.0 Å². The lowest BCUT2D eigenvalue weighted by atomic mass is 9.62. The van der Waals surface area contributed by atoms with Gasteiger partial charge in [-0.15, -0.1) is 0 Å². The van der Waals surface area contributed by atoms with Crippen molar-refractivity contribution in [2.45, 2.75) is 50.6 Å². The van der Waals surface area contributed by atoms with Crippen molar-refractivity contribution in [2.75, 3.05) is 10.6 Å². The lowest BCUT2D eigenvalue weighted by Gasteiger charge is -2.37. The maximum atomic E-state index is 15.8. The molecule has 0 saturated carbocycles. The fourth-order valence-electron chi connectivity index (χ4n) is 6.13. The van der Waals surface area contributed by atoms with Crippen LogP contribution >= 0.6 is 23.2 Å². The number of rotatable bonds is 5. The van der Waals surface area contributed by atoms with Gasteiger partial charge < -0.3 is 21.7 Å². The summed E-state index contributed by atoms with van der Waals surface area (Å²) in [6.45, 7) is 5.99. The van der Waals surface area contributed by atoms with Gasteiger partial charge in [-0.3, -0.25) is 14.4 Å². The van der Waals surface area contributed by atoms with Crippen molar-refractivity contribution < 1.29 is 23.2 Å². The number of carbonyl (C=O) groups is 3. The molecule has 0 aromatic heterocycles. The molecule has 3 aromatic rings. The number of hydrogen-bond acceptors (Lipinski definition) is 4. The van der Waals surface area contributed by atoms with Gasteiger partial charge in [-0.25, -0.2) is 8.78 Å². The molecule has 0 bridgehead atoms. The Morgan fingerprint density at radius 1 is 1.07 bits per heavy atom. The zero-order valence-electron chi connectivity index (χ0n) is 22.4. The summed E-state index contributed by atoms with van der Waals surface area (Å²) in [5.74, 6) is -4.68. The number of nitrogens with one attached hydrogen (secondary N) is 3. The summed E-state index contributed by atoms with van der Waals surface area (Å²) < 4.78 is 30.7. The van der Waals surface area contributed by atoms with Crippen LogP contribution in [0.4, 0.5) is 20.2 Å². The summed E-state index contributed by atoms with van der Waals surface area (Å²) >= 11 is 12.5. The van der Waals surface area contributed by atoms with E-state index in [1.807, 2.05) is 20.8 Å². The normalized spacial score (nSPS) is 23.4. The van der Waals surface area contributed by atoms with E-state index in [0.29, 0.717) is 22.7 Å². The van der Waals surface area contributed by atoms with Crippen molar-refractivity contribution in [1.29, 1.82) is 0 Å². The van der Waals surface area contributed by atoms with E-state index >= 15 is 4.39 Å². The first-order valence-electron chi connectivity index (χ1n) is 13.0. The van der Waals surface area contributed by atoms with Crippen LogP contribution in [0.25, 0.3) is 0 Å². The molecule has 41 heavy (non-hydrogen) atoms. The third-order valence-corrected chi connectivity index (χ3v) is 8.26. The van der Waals surface area contributed by atoms with Crippen LogP contribution < -0.4 is 21.7 Å². The van der Waals surface area contributed by atoms with Crippen molar-refractivity contribution in [1.82, 2.24) is 5.32 Å². The predicted molar refractivity (Wildman–Crippen MR) is 154 cm³/mol. The lowest BCUT2D eigenvalue weighted by molar-refractivity contribution is -0.122. The van der Waals surface area contributed by atoms with Crippen molar-refractivity contribution in [3.05, 3.63) is 93.0 Å². The Hall–Kier alpha value is -3.53. The molecule has 1 saturated heterocycles. The summed E-state index contributed by atoms with van der Waals surface area (Å²) in [6, 6.07) is 11.0. The van der Waals surface area contributed by atoms with Crippen LogP contribution in [0.1, 0.15) is 54.6 Å². The fraction of sp³-hybridized carbons (Fsp3) is 0.300. The lowest BCUT2D eigenvalue weighted by Crippen LogP contribution is -2.49. The van der Waals surface area contributed by atoms with Gasteiger partial charge in [0, 0.05) is 28.2 Å². The molecule has 3 amide bonds. The van der Waals surface area contributed by atoms with E-state index in [1.165, 1.54) is 24.3 Å². The number of carbonyl (C=O) groups excluding carboxylic acids is 3. The molecule has 1 spiro atoms. The van der Waals surface area contributed by atoms with E-state index in [9.17, 15) is 18.8 Å². The number of anilines is 2. The van der Waals surface area contributed by atoms with Crippen LogP contribution in [0.3, 0.4) is 0 Å². The number of nitrogens with two attached hydrogens (primary N) is 1. The summed E-state index contributed by atoms with van der Waals surface area (Å²) in [7, 11) is 0. The highest BCUT2D eigenvalue weighted by atomic mass is 35.5. The fourth-order valence-corrected chi connectivity index (χ4v) is 6.49. The smallest absolute Gasteiger partial charge is 0.248 e. The number of benzene rings is 3. The van der Waals surface area contributed by atoms with Crippen molar-refractivity contribution >= 4 is 52.3 Å². The zero-order valence-corrected chi connectivity index (χ0v) is 24.0. The highest BCUT2D eigenvalue weighted by Gasteiger charge is 2.66. The molecule has 2 aliphatic heterocycles. The summed E-state index contributed by atoms with van der Waals surface area (Å²) in [5.41, 5.74) is 4.28. The Kier molecular flexibility index (Phi) is 7.34. The van der Waals surface area contributed by atoms with Crippen LogP contribution in [0.5, 0.6) is 0 Å². The monoisotopic (exact) mass is 600 g/mol. The van der Waals surface area contributed by atoms with Gasteiger partial charge in [0.05, 0.1) is 16.8 Å². The van der Waals surface area contributed by atoms with Gasteiger partial charge >= 0.3 is 0 Å². The summed E-state index contributed by atoms with van der Waals surface area (Å²) in [4.78, 5) is 39.6. The van der Waals surface area contributed by atoms with E-state index in [1.54, 1.807) is 24.3 Å². The van der Waals surface area contributed by atoms with Crippen LogP contribution in [-0.4, -0.2) is 29.8 Å². The SMILES string of the molecule is CC(C)(C)CC1NC(C(=O)Nc2ccc(C(N)=O)cc2F)C(c2cccc(Cl)c2F)C12C(=O)Nc1cc(Cl)ccc12. The van der Waals surface area contributed by atoms with E-state index in [2.05, 4.69) is 16.0 Å². The molecule has 0 aliphatic carbocycles. The maximum Gasteiger partial charge on any atom is 0.248 e. The van der Waals surface area contributed by atoms with E-state index in [4.69, 9.17) is 28.9 Å². The second kappa shape index (κ2) is 10.4. The second-order valence-corrected chi connectivity index (χ2v) is 12.5. The number of halogens is 4. The van der Waals surface area contributed by atoms with Gasteiger partial charge in [0.15, 0.2) is 0 Å². The minimum absolute atomic E-state index is 0.0593. The average molecular weight is 601 g/mol. The minimum atomic E-state index is -1.45. The molecular weight excluding hydrogens is 573 g/mol. The maximum absolute atomic E-state index is 15.8.